The summed E-state index contributed by atoms with van der Waals surface area (Å²) in [6.45, 7) is 2.96. The molecule has 3 rings (SSSR count). The molecule has 26 heavy (non-hydrogen) atoms. The van der Waals surface area contributed by atoms with E-state index in [2.05, 4.69) is 10.4 Å². The third-order valence-corrected chi connectivity index (χ3v) is 5.23. The lowest BCUT2D eigenvalue weighted by molar-refractivity contribution is -0.132. The summed E-state index contributed by atoms with van der Waals surface area (Å²) < 4.78 is 3.73. The van der Waals surface area contributed by atoms with Crippen LogP contribution in [0.3, 0.4) is 0 Å². The summed E-state index contributed by atoms with van der Waals surface area (Å²) in [7, 11) is 3.80. The lowest BCUT2D eigenvalue weighted by Gasteiger charge is -2.35. The number of hydrogen-bond donors (Lipinski definition) is 1. The zero-order valence-electron chi connectivity index (χ0n) is 15.7. The van der Waals surface area contributed by atoms with Crippen LogP contribution < -0.4 is 5.32 Å². The third kappa shape index (κ3) is 3.66. The lowest BCUT2D eigenvalue weighted by Crippen LogP contribution is -2.38. The van der Waals surface area contributed by atoms with Crippen molar-refractivity contribution < 1.29 is 9.59 Å². The van der Waals surface area contributed by atoms with Crippen molar-refractivity contribution in [3.8, 4) is 0 Å². The average molecular weight is 357 g/mol. The highest BCUT2D eigenvalue weighted by Crippen LogP contribution is 2.31. The largest absolute Gasteiger partial charge is 0.350 e. The zero-order chi connectivity index (χ0) is 18.7. The molecule has 1 N–H and O–H groups in total. The molecule has 2 aromatic rings. The van der Waals surface area contributed by atoms with Crippen LogP contribution >= 0.6 is 0 Å². The molecule has 3 heterocycles. The Hall–Kier alpha value is -2.57. The summed E-state index contributed by atoms with van der Waals surface area (Å²) >= 11 is 0. The molecule has 1 aliphatic rings. The van der Waals surface area contributed by atoms with Crippen LogP contribution in [-0.2, 0) is 25.3 Å². The molecular formula is C19H27N5O2. The second kappa shape index (κ2) is 7.76. The van der Waals surface area contributed by atoms with Gasteiger partial charge >= 0.3 is 0 Å². The molecule has 0 aromatic carbocycles. The normalized spacial score (nSPS) is 17.3. The second-order valence-electron chi connectivity index (χ2n) is 6.88. The van der Waals surface area contributed by atoms with Crippen LogP contribution in [0.4, 0.5) is 0 Å². The molecular weight excluding hydrogens is 330 g/mol. The van der Waals surface area contributed by atoms with Gasteiger partial charge in [-0.2, -0.15) is 5.10 Å². The topological polar surface area (TPSA) is 72.2 Å². The Morgan fingerprint density at radius 1 is 1.23 bits per heavy atom. The Morgan fingerprint density at radius 2 is 2.04 bits per heavy atom. The summed E-state index contributed by atoms with van der Waals surface area (Å²) in [6, 6.07) is 5.83. The fourth-order valence-corrected chi connectivity index (χ4v) is 3.75. The van der Waals surface area contributed by atoms with E-state index in [1.165, 1.54) is 0 Å². The van der Waals surface area contributed by atoms with Gasteiger partial charge in [0.05, 0.1) is 6.04 Å². The molecule has 1 atom stereocenters. The van der Waals surface area contributed by atoms with Crippen molar-refractivity contribution in [1.29, 1.82) is 0 Å². The molecule has 0 aliphatic carbocycles. The summed E-state index contributed by atoms with van der Waals surface area (Å²) in [4.78, 5) is 26.4. The molecule has 1 aliphatic heterocycles. The maximum Gasteiger partial charge on any atom is 0.267 e. The first-order valence-electron chi connectivity index (χ1n) is 9.17. The number of piperidine rings is 1. The molecule has 0 bridgehead atoms. The van der Waals surface area contributed by atoms with Crippen LogP contribution in [0.25, 0.3) is 0 Å². The van der Waals surface area contributed by atoms with Gasteiger partial charge < -0.3 is 14.8 Å². The molecule has 0 radical (unpaired) electrons. The molecule has 2 aromatic heterocycles. The highest BCUT2D eigenvalue weighted by atomic mass is 16.2. The van der Waals surface area contributed by atoms with Gasteiger partial charge in [0.25, 0.3) is 5.91 Å². The van der Waals surface area contributed by atoms with Crippen molar-refractivity contribution in [3.05, 3.63) is 41.5 Å². The minimum Gasteiger partial charge on any atom is -0.350 e. The van der Waals surface area contributed by atoms with Crippen molar-refractivity contribution in [2.45, 2.75) is 38.6 Å². The summed E-state index contributed by atoms with van der Waals surface area (Å²) in [6.07, 6.45) is 5.58. The smallest absolute Gasteiger partial charge is 0.267 e. The number of nitrogens with one attached hydrogen (secondary N) is 1. The Balaban J connectivity index is 1.66. The quantitative estimate of drug-likeness (QED) is 0.887. The Kier molecular flexibility index (Phi) is 5.44. The van der Waals surface area contributed by atoms with Crippen LogP contribution in [0.15, 0.2) is 24.4 Å². The SMILES string of the molecule is CC(=O)N1CCCC[C@@H]1c1ccc(C(=O)NCCc2ccnn2C)n1C. The van der Waals surface area contributed by atoms with Crippen molar-refractivity contribution in [1.82, 2.24) is 24.6 Å². The minimum atomic E-state index is -0.0916. The first kappa shape index (κ1) is 18.2. The fourth-order valence-electron chi connectivity index (χ4n) is 3.75. The van der Waals surface area contributed by atoms with Crippen LogP contribution in [0, 0.1) is 0 Å². The first-order chi connectivity index (χ1) is 12.5. The van der Waals surface area contributed by atoms with Gasteiger partial charge in [0, 0.05) is 58.1 Å². The van der Waals surface area contributed by atoms with Gasteiger partial charge in [-0.1, -0.05) is 0 Å². The van der Waals surface area contributed by atoms with Gasteiger partial charge in [0.15, 0.2) is 0 Å². The first-order valence-corrected chi connectivity index (χ1v) is 9.17. The van der Waals surface area contributed by atoms with Gasteiger partial charge in [0.2, 0.25) is 5.91 Å². The Bertz CT molecular complexity index is 792. The summed E-state index contributed by atoms with van der Waals surface area (Å²) in [5, 5.41) is 7.10. The van der Waals surface area contributed by atoms with Crippen molar-refractivity contribution >= 4 is 11.8 Å². The lowest BCUT2D eigenvalue weighted by atomic mass is 9.99. The number of aryl methyl sites for hydroxylation is 1. The number of aromatic nitrogens is 3. The number of nitrogens with zero attached hydrogens (tertiary/aromatic N) is 4. The number of rotatable bonds is 5. The minimum absolute atomic E-state index is 0.0576. The van der Waals surface area contributed by atoms with Crippen LogP contribution in [0.1, 0.15) is 54.1 Å². The number of carbonyl (C=O) groups excluding carboxylic acids is 2. The van der Waals surface area contributed by atoms with E-state index < -0.39 is 0 Å². The molecule has 2 amide bonds. The molecule has 140 valence electrons. The Morgan fingerprint density at radius 3 is 2.73 bits per heavy atom. The molecule has 0 spiro atoms. The molecule has 1 saturated heterocycles. The summed E-state index contributed by atoms with van der Waals surface area (Å²) in [5.41, 5.74) is 2.73. The number of amides is 2. The van der Waals surface area contributed by atoms with Gasteiger partial charge in [-0.25, -0.2) is 0 Å². The van der Waals surface area contributed by atoms with E-state index in [9.17, 15) is 9.59 Å². The molecule has 1 fully saturated rings. The van der Waals surface area contributed by atoms with Gasteiger partial charge in [-0.3, -0.25) is 14.3 Å². The number of likely N-dealkylation sites (tertiary alicyclic amines) is 1. The van der Waals surface area contributed by atoms with Gasteiger partial charge in [-0.15, -0.1) is 0 Å². The van der Waals surface area contributed by atoms with E-state index in [1.807, 2.05) is 46.4 Å². The predicted molar refractivity (Wildman–Crippen MR) is 98.6 cm³/mol. The van der Waals surface area contributed by atoms with Crippen molar-refractivity contribution in [2.75, 3.05) is 13.1 Å². The van der Waals surface area contributed by atoms with Gasteiger partial charge in [0.1, 0.15) is 5.69 Å². The van der Waals surface area contributed by atoms with E-state index in [1.54, 1.807) is 13.1 Å². The highest BCUT2D eigenvalue weighted by molar-refractivity contribution is 5.93. The van der Waals surface area contributed by atoms with E-state index in [-0.39, 0.29) is 17.9 Å². The third-order valence-electron chi connectivity index (χ3n) is 5.23. The number of hydrogen-bond acceptors (Lipinski definition) is 3. The van der Waals surface area contributed by atoms with Crippen molar-refractivity contribution in [2.24, 2.45) is 14.1 Å². The Labute approximate surface area is 154 Å². The molecule has 0 saturated carbocycles. The van der Waals surface area contributed by atoms with E-state index >= 15 is 0 Å². The monoisotopic (exact) mass is 357 g/mol. The maximum absolute atomic E-state index is 12.6. The maximum atomic E-state index is 12.6. The zero-order valence-corrected chi connectivity index (χ0v) is 15.7. The molecule has 7 heteroatoms. The van der Waals surface area contributed by atoms with E-state index in [0.29, 0.717) is 12.2 Å². The van der Waals surface area contributed by atoms with Crippen molar-refractivity contribution in [3.63, 3.8) is 0 Å². The molecule has 7 nitrogen and oxygen atoms in total. The van der Waals surface area contributed by atoms with Gasteiger partial charge in [-0.05, 0) is 37.5 Å². The molecule has 0 unspecified atom stereocenters. The van der Waals surface area contributed by atoms with E-state index in [0.717, 1.165) is 43.6 Å². The summed E-state index contributed by atoms with van der Waals surface area (Å²) in [5.74, 6) is 0.00387. The fraction of sp³-hybridized carbons (Fsp3) is 0.526. The van der Waals surface area contributed by atoms with Crippen LogP contribution in [0.2, 0.25) is 0 Å². The second-order valence-corrected chi connectivity index (χ2v) is 6.88. The standard InChI is InChI=1S/C19H27N5O2/c1-14(25)24-13-5-4-6-17(24)16-7-8-18(22(16)2)19(26)20-11-9-15-10-12-21-23(15)3/h7-8,10,12,17H,4-6,9,11,13H2,1-3H3,(H,20,26)/t17-/m1/s1. The highest BCUT2D eigenvalue weighted by Gasteiger charge is 2.28. The number of carbonyl (C=O) groups is 2. The van der Waals surface area contributed by atoms with Crippen LogP contribution in [0.5, 0.6) is 0 Å². The predicted octanol–water partition coefficient (Wildman–Crippen LogP) is 1.80. The average Bonchev–Trinajstić information content (AvgIpc) is 3.20. The van der Waals surface area contributed by atoms with E-state index in [4.69, 9.17) is 0 Å². The van der Waals surface area contributed by atoms with Crippen LogP contribution in [-0.4, -0.2) is 44.2 Å².